The maximum atomic E-state index is 5.85. The van der Waals surface area contributed by atoms with Crippen molar-refractivity contribution in [1.82, 2.24) is 0 Å². The van der Waals surface area contributed by atoms with Gasteiger partial charge in [0.15, 0.2) is 0 Å². The Labute approximate surface area is 97.8 Å². The lowest BCUT2D eigenvalue weighted by Crippen LogP contribution is -2.16. The molecule has 16 heavy (non-hydrogen) atoms. The van der Waals surface area contributed by atoms with Crippen LogP contribution in [0.15, 0.2) is 18.2 Å². The third-order valence-corrected chi connectivity index (χ3v) is 2.35. The van der Waals surface area contributed by atoms with E-state index in [9.17, 15) is 0 Å². The molecule has 0 aliphatic heterocycles. The van der Waals surface area contributed by atoms with Gasteiger partial charge in [0.05, 0.1) is 18.7 Å². The van der Waals surface area contributed by atoms with Gasteiger partial charge in [-0.2, -0.15) is 0 Å². The van der Waals surface area contributed by atoms with Gasteiger partial charge in [-0.3, -0.25) is 0 Å². The fraction of sp³-hybridized carbons (Fsp3) is 0.429. The van der Waals surface area contributed by atoms with Crippen LogP contribution in [0.5, 0.6) is 5.75 Å². The second-order valence-corrected chi connectivity index (χ2v) is 3.87. The van der Waals surface area contributed by atoms with Crippen molar-refractivity contribution in [1.29, 1.82) is 0 Å². The molecule has 1 unspecified atom stereocenters. The molecule has 0 aliphatic carbocycles. The van der Waals surface area contributed by atoms with Crippen molar-refractivity contribution >= 4 is 0 Å². The van der Waals surface area contributed by atoms with Gasteiger partial charge >= 0.3 is 0 Å². The number of rotatable bonds is 3. The molecule has 0 heterocycles. The molecule has 1 atom stereocenters. The van der Waals surface area contributed by atoms with Crippen molar-refractivity contribution in [2.75, 3.05) is 7.11 Å². The smallest absolute Gasteiger partial charge is 0.134 e. The lowest BCUT2D eigenvalue weighted by molar-refractivity contribution is 0.413. The molecular formula is C14H19NO. The van der Waals surface area contributed by atoms with Crippen LogP contribution >= 0.6 is 0 Å². The quantitative estimate of drug-likeness (QED) is 0.789. The zero-order valence-electron chi connectivity index (χ0n) is 10.2. The highest BCUT2D eigenvalue weighted by Crippen LogP contribution is 2.18. The van der Waals surface area contributed by atoms with Crippen molar-refractivity contribution in [2.24, 2.45) is 5.73 Å². The fourth-order valence-electron chi connectivity index (χ4n) is 1.47. The van der Waals surface area contributed by atoms with Crippen LogP contribution in [-0.4, -0.2) is 13.2 Å². The third kappa shape index (κ3) is 3.60. The van der Waals surface area contributed by atoms with Crippen LogP contribution < -0.4 is 10.5 Å². The second kappa shape index (κ2) is 6.19. The molecule has 0 saturated heterocycles. The first-order chi connectivity index (χ1) is 7.67. The minimum atomic E-state index is -0.0461. The van der Waals surface area contributed by atoms with E-state index in [1.54, 1.807) is 7.11 Å². The number of nitrogens with two attached hydrogens (primary N) is 1. The Bertz CT molecular complexity index is 401. The average Bonchev–Trinajstić information content (AvgIpc) is 2.27. The summed E-state index contributed by atoms with van der Waals surface area (Å²) in [7, 11) is 1.65. The van der Waals surface area contributed by atoms with E-state index in [0.29, 0.717) is 0 Å². The summed E-state index contributed by atoms with van der Waals surface area (Å²) in [6, 6.07) is 5.92. The van der Waals surface area contributed by atoms with Gasteiger partial charge in [0.25, 0.3) is 0 Å². The maximum Gasteiger partial charge on any atom is 0.134 e. The summed E-state index contributed by atoms with van der Waals surface area (Å²) in [5.41, 5.74) is 7.93. The maximum absolute atomic E-state index is 5.85. The van der Waals surface area contributed by atoms with Crippen molar-refractivity contribution in [3.05, 3.63) is 29.3 Å². The Balaban J connectivity index is 2.90. The molecule has 1 aromatic carbocycles. The fourth-order valence-corrected chi connectivity index (χ4v) is 1.47. The van der Waals surface area contributed by atoms with Gasteiger partial charge in [-0.25, -0.2) is 0 Å². The molecule has 0 amide bonds. The number of hydrogen-bond acceptors (Lipinski definition) is 2. The van der Waals surface area contributed by atoms with Gasteiger partial charge in [0.1, 0.15) is 5.75 Å². The zero-order chi connectivity index (χ0) is 12.0. The number of hydrogen-bond donors (Lipinski definition) is 1. The largest absolute Gasteiger partial charge is 0.495 e. The Morgan fingerprint density at radius 3 is 2.81 bits per heavy atom. The van der Waals surface area contributed by atoms with Crippen LogP contribution in [0.2, 0.25) is 0 Å². The molecule has 2 heteroatoms. The highest BCUT2D eigenvalue weighted by atomic mass is 16.5. The summed E-state index contributed by atoms with van der Waals surface area (Å²) in [5, 5.41) is 0. The molecule has 1 aromatic rings. The normalized spacial score (nSPS) is 11.5. The Morgan fingerprint density at radius 1 is 1.44 bits per heavy atom. The van der Waals surface area contributed by atoms with Gasteiger partial charge in [-0.05, 0) is 31.0 Å². The molecule has 0 aromatic heterocycles. The summed E-state index contributed by atoms with van der Waals surface area (Å²) in [6.07, 6.45) is 1.99. The molecular weight excluding hydrogens is 198 g/mol. The molecule has 0 fully saturated rings. The molecule has 0 bridgehead atoms. The van der Waals surface area contributed by atoms with E-state index in [1.165, 1.54) is 5.56 Å². The van der Waals surface area contributed by atoms with Crippen LogP contribution in [0, 0.1) is 18.8 Å². The minimum Gasteiger partial charge on any atom is -0.495 e. The summed E-state index contributed by atoms with van der Waals surface area (Å²) in [4.78, 5) is 0. The lowest BCUT2D eigenvalue weighted by Gasteiger charge is -2.04. The van der Waals surface area contributed by atoms with E-state index in [0.717, 1.165) is 24.2 Å². The van der Waals surface area contributed by atoms with Crippen LogP contribution in [0.1, 0.15) is 30.9 Å². The predicted molar refractivity (Wildman–Crippen MR) is 67.5 cm³/mol. The standard InChI is InChI=1S/C14H19NO/c1-4-5-13(15)8-7-12-10-11(2)6-9-14(12)16-3/h6,9-10,13H,4-5,15H2,1-3H3. The summed E-state index contributed by atoms with van der Waals surface area (Å²) < 4.78 is 5.25. The van der Waals surface area contributed by atoms with Crippen LogP contribution in [0.25, 0.3) is 0 Å². The Morgan fingerprint density at radius 2 is 2.19 bits per heavy atom. The van der Waals surface area contributed by atoms with E-state index in [2.05, 4.69) is 18.8 Å². The zero-order valence-corrected chi connectivity index (χ0v) is 10.2. The molecule has 0 spiro atoms. The Kier molecular flexibility index (Phi) is 4.88. The molecule has 2 nitrogen and oxygen atoms in total. The SMILES string of the molecule is CCCC(N)C#Cc1cc(C)ccc1OC. The van der Waals surface area contributed by atoms with Gasteiger partial charge in [-0.15, -0.1) is 0 Å². The molecule has 2 N–H and O–H groups in total. The second-order valence-electron chi connectivity index (χ2n) is 3.87. The number of ether oxygens (including phenoxy) is 1. The number of benzene rings is 1. The van der Waals surface area contributed by atoms with Crippen LogP contribution in [0.4, 0.5) is 0 Å². The average molecular weight is 217 g/mol. The monoisotopic (exact) mass is 217 g/mol. The van der Waals surface area contributed by atoms with E-state index in [4.69, 9.17) is 10.5 Å². The molecule has 0 radical (unpaired) electrons. The highest BCUT2D eigenvalue weighted by Gasteiger charge is 2.00. The van der Waals surface area contributed by atoms with E-state index >= 15 is 0 Å². The topological polar surface area (TPSA) is 35.2 Å². The van der Waals surface area contributed by atoms with E-state index < -0.39 is 0 Å². The van der Waals surface area contributed by atoms with Gasteiger partial charge in [0, 0.05) is 0 Å². The van der Waals surface area contributed by atoms with Crippen molar-refractivity contribution < 1.29 is 4.74 Å². The minimum absolute atomic E-state index is 0.0461. The first-order valence-corrected chi connectivity index (χ1v) is 5.59. The van der Waals surface area contributed by atoms with Crippen molar-refractivity contribution in [2.45, 2.75) is 32.7 Å². The number of methoxy groups -OCH3 is 1. The molecule has 1 rings (SSSR count). The first-order valence-electron chi connectivity index (χ1n) is 5.59. The third-order valence-electron chi connectivity index (χ3n) is 2.35. The van der Waals surface area contributed by atoms with Crippen molar-refractivity contribution in [3.63, 3.8) is 0 Å². The molecule has 0 saturated carbocycles. The van der Waals surface area contributed by atoms with Crippen LogP contribution in [0.3, 0.4) is 0 Å². The lowest BCUT2D eigenvalue weighted by atomic mass is 10.1. The van der Waals surface area contributed by atoms with Gasteiger partial charge < -0.3 is 10.5 Å². The van der Waals surface area contributed by atoms with Gasteiger partial charge in [-0.1, -0.05) is 31.3 Å². The van der Waals surface area contributed by atoms with E-state index in [-0.39, 0.29) is 6.04 Å². The Hall–Kier alpha value is -1.46. The summed E-state index contributed by atoms with van der Waals surface area (Å²) in [6.45, 7) is 4.14. The highest BCUT2D eigenvalue weighted by molar-refractivity contribution is 5.48. The molecule has 0 aliphatic rings. The summed E-state index contributed by atoms with van der Waals surface area (Å²) >= 11 is 0. The van der Waals surface area contributed by atoms with E-state index in [1.807, 2.05) is 25.1 Å². The summed E-state index contributed by atoms with van der Waals surface area (Å²) in [5.74, 6) is 6.95. The van der Waals surface area contributed by atoms with Crippen molar-refractivity contribution in [3.8, 4) is 17.6 Å². The molecule has 86 valence electrons. The van der Waals surface area contributed by atoms with Crippen LogP contribution in [-0.2, 0) is 0 Å². The predicted octanol–water partition coefficient (Wildman–Crippen LogP) is 2.48. The first kappa shape index (κ1) is 12.6. The van der Waals surface area contributed by atoms with Gasteiger partial charge in [0.2, 0.25) is 0 Å². The number of aryl methyl sites for hydroxylation is 1.